The predicted molar refractivity (Wildman–Crippen MR) is 99.5 cm³/mol. The number of nitrogens with one attached hydrogen (secondary N) is 1. The summed E-state index contributed by atoms with van der Waals surface area (Å²) in [5.41, 5.74) is 0.746. The van der Waals surface area contributed by atoms with Crippen molar-refractivity contribution in [2.24, 2.45) is 16.9 Å². The Labute approximate surface area is 158 Å². The number of carbonyl (C=O) groups excluding carboxylic acids is 3. The molecule has 0 spiro atoms. The summed E-state index contributed by atoms with van der Waals surface area (Å²) in [5, 5.41) is 6.66. The number of hydrogen-bond acceptors (Lipinski definition) is 8. The highest BCUT2D eigenvalue weighted by Gasteiger charge is 2.34. The van der Waals surface area contributed by atoms with Crippen molar-refractivity contribution in [3.05, 3.63) is 29.8 Å². The second kappa shape index (κ2) is 10.5. The van der Waals surface area contributed by atoms with E-state index in [1.165, 1.54) is 6.21 Å². The molecule has 1 heterocycles. The SMILES string of the molecule is CC1CNCCC1OC(C(=O)CCC=O)C(=O)Oc1ccc(C=NN)cc1. The molecular weight excluding hydrogens is 350 g/mol. The maximum Gasteiger partial charge on any atom is 0.348 e. The summed E-state index contributed by atoms with van der Waals surface area (Å²) in [5.74, 6) is 4.30. The van der Waals surface area contributed by atoms with Gasteiger partial charge in [0.25, 0.3) is 0 Å². The Kier molecular flexibility index (Phi) is 8.09. The van der Waals surface area contributed by atoms with Crippen LogP contribution in [0.15, 0.2) is 29.4 Å². The zero-order valence-electron chi connectivity index (χ0n) is 15.3. The van der Waals surface area contributed by atoms with Crippen molar-refractivity contribution >= 4 is 24.3 Å². The van der Waals surface area contributed by atoms with Crippen molar-refractivity contribution in [3.8, 4) is 5.75 Å². The van der Waals surface area contributed by atoms with Crippen LogP contribution in [0.4, 0.5) is 0 Å². The number of nitrogens with two attached hydrogens (primary N) is 1. The fraction of sp³-hybridized carbons (Fsp3) is 0.474. The Balaban J connectivity index is 2.09. The molecule has 0 amide bonds. The zero-order chi connectivity index (χ0) is 19.6. The Bertz CT molecular complexity index is 674. The minimum absolute atomic E-state index is 0.0425. The molecule has 27 heavy (non-hydrogen) atoms. The van der Waals surface area contributed by atoms with Gasteiger partial charge >= 0.3 is 5.97 Å². The Morgan fingerprint density at radius 3 is 2.74 bits per heavy atom. The Hall–Kier alpha value is -2.58. The average molecular weight is 375 g/mol. The molecule has 1 fully saturated rings. The van der Waals surface area contributed by atoms with E-state index in [1.54, 1.807) is 24.3 Å². The van der Waals surface area contributed by atoms with E-state index in [-0.39, 0.29) is 30.6 Å². The van der Waals surface area contributed by atoms with Gasteiger partial charge in [-0.25, -0.2) is 4.79 Å². The van der Waals surface area contributed by atoms with E-state index in [2.05, 4.69) is 10.4 Å². The van der Waals surface area contributed by atoms with Crippen molar-refractivity contribution in [2.45, 2.75) is 38.4 Å². The van der Waals surface area contributed by atoms with Crippen molar-refractivity contribution in [1.29, 1.82) is 0 Å². The van der Waals surface area contributed by atoms with E-state index in [0.717, 1.165) is 18.7 Å². The van der Waals surface area contributed by atoms with Crippen LogP contribution in [0.1, 0.15) is 31.7 Å². The summed E-state index contributed by atoms with van der Waals surface area (Å²) in [6.07, 6.45) is 1.20. The number of ether oxygens (including phenoxy) is 2. The molecule has 146 valence electrons. The summed E-state index contributed by atoms with van der Waals surface area (Å²) in [4.78, 5) is 35.6. The number of hydrazone groups is 1. The number of piperidine rings is 1. The van der Waals surface area contributed by atoms with Crippen molar-refractivity contribution in [2.75, 3.05) is 13.1 Å². The van der Waals surface area contributed by atoms with Crippen LogP contribution in [0.2, 0.25) is 0 Å². The maximum absolute atomic E-state index is 12.6. The molecule has 2 rings (SSSR count). The van der Waals surface area contributed by atoms with Gasteiger partial charge < -0.3 is 25.4 Å². The highest BCUT2D eigenvalue weighted by Crippen LogP contribution is 2.20. The Morgan fingerprint density at radius 2 is 2.11 bits per heavy atom. The second-order valence-corrected chi connectivity index (χ2v) is 6.46. The molecule has 0 bridgehead atoms. The molecular formula is C19H25N3O5. The molecule has 3 atom stereocenters. The van der Waals surface area contributed by atoms with Crippen LogP contribution in [-0.4, -0.2) is 49.6 Å². The molecule has 1 aromatic rings. The van der Waals surface area contributed by atoms with Crippen LogP contribution in [0.25, 0.3) is 0 Å². The highest BCUT2D eigenvalue weighted by atomic mass is 16.6. The molecule has 1 aliphatic heterocycles. The lowest BCUT2D eigenvalue weighted by molar-refractivity contribution is -0.161. The molecule has 3 unspecified atom stereocenters. The first kappa shape index (κ1) is 20.7. The number of hydrogen-bond donors (Lipinski definition) is 2. The monoisotopic (exact) mass is 375 g/mol. The second-order valence-electron chi connectivity index (χ2n) is 6.46. The summed E-state index contributed by atoms with van der Waals surface area (Å²) in [6.45, 7) is 3.50. The third-order valence-electron chi connectivity index (χ3n) is 4.35. The number of benzene rings is 1. The highest BCUT2D eigenvalue weighted by molar-refractivity contribution is 6.03. The van der Waals surface area contributed by atoms with Gasteiger partial charge in [-0.15, -0.1) is 0 Å². The molecule has 8 heteroatoms. The third-order valence-corrected chi connectivity index (χ3v) is 4.35. The lowest BCUT2D eigenvalue weighted by Gasteiger charge is -2.31. The fourth-order valence-corrected chi connectivity index (χ4v) is 2.84. The van der Waals surface area contributed by atoms with Gasteiger partial charge in [-0.3, -0.25) is 4.79 Å². The predicted octanol–water partition coefficient (Wildman–Crippen LogP) is 0.816. The molecule has 1 aliphatic rings. The lowest BCUT2D eigenvalue weighted by Crippen LogP contribution is -2.46. The minimum Gasteiger partial charge on any atom is -0.424 e. The molecule has 0 radical (unpaired) electrons. The number of rotatable bonds is 9. The lowest BCUT2D eigenvalue weighted by atomic mass is 9.97. The van der Waals surface area contributed by atoms with Crippen LogP contribution in [0.3, 0.4) is 0 Å². The van der Waals surface area contributed by atoms with Gasteiger partial charge in [0, 0.05) is 19.4 Å². The largest absolute Gasteiger partial charge is 0.424 e. The van der Waals surface area contributed by atoms with Gasteiger partial charge in [-0.05, 0) is 48.7 Å². The Morgan fingerprint density at radius 1 is 1.37 bits per heavy atom. The van der Waals surface area contributed by atoms with Gasteiger partial charge in [0.15, 0.2) is 5.78 Å². The van der Waals surface area contributed by atoms with Crippen LogP contribution < -0.4 is 15.9 Å². The summed E-state index contributed by atoms with van der Waals surface area (Å²) in [7, 11) is 0. The molecule has 1 saturated heterocycles. The maximum atomic E-state index is 12.6. The minimum atomic E-state index is -1.35. The van der Waals surface area contributed by atoms with Gasteiger partial charge in [-0.1, -0.05) is 6.92 Å². The van der Waals surface area contributed by atoms with E-state index < -0.39 is 17.9 Å². The molecule has 1 aromatic carbocycles. The van der Waals surface area contributed by atoms with E-state index in [1.807, 2.05) is 6.92 Å². The summed E-state index contributed by atoms with van der Waals surface area (Å²) in [6, 6.07) is 6.51. The number of Topliss-reactive ketones (excluding diaryl/α,β-unsaturated/α-hetero) is 1. The van der Waals surface area contributed by atoms with Gasteiger partial charge in [-0.2, -0.15) is 5.10 Å². The molecule has 0 aliphatic carbocycles. The van der Waals surface area contributed by atoms with Crippen LogP contribution in [-0.2, 0) is 19.1 Å². The smallest absolute Gasteiger partial charge is 0.348 e. The number of ketones is 1. The van der Waals surface area contributed by atoms with Gasteiger partial charge in [0.05, 0.1) is 12.3 Å². The van der Waals surface area contributed by atoms with Crippen LogP contribution in [0.5, 0.6) is 5.75 Å². The first-order valence-corrected chi connectivity index (χ1v) is 8.92. The zero-order valence-corrected chi connectivity index (χ0v) is 15.3. The van der Waals surface area contributed by atoms with Crippen molar-refractivity contribution in [3.63, 3.8) is 0 Å². The van der Waals surface area contributed by atoms with Crippen LogP contribution in [0, 0.1) is 5.92 Å². The first-order valence-electron chi connectivity index (χ1n) is 8.92. The van der Waals surface area contributed by atoms with E-state index in [4.69, 9.17) is 15.3 Å². The third kappa shape index (κ3) is 6.26. The molecule has 8 nitrogen and oxygen atoms in total. The number of aldehydes is 1. The quantitative estimate of drug-likeness (QED) is 0.125. The molecule has 0 aromatic heterocycles. The van der Waals surface area contributed by atoms with Crippen LogP contribution >= 0.6 is 0 Å². The van der Waals surface area contributed by atoms with Gasteiger partial charge in [0.1, 0.15) is 12.0 Å². The average Bonchev–Trinajstić information content (AvgIpc) is 2.67. The first-order chi connectivity index (χ1) is 13.0. The normalized spacial score (nSPS) is 20.9. The van der Waals surface area contributed by atoms with E-state index in [9.17, 15) is 14.4 Å². The summed E-state index contributed by atoms with van der Waals surface area (Å²) < 4.78 is 11.2. The number of carbonyl (C=O) groups is 3. The fourth-order valence-electron chi connectivity index (χ4n) is 2.84. The van der Waals surface area contributed by atoms with E-state index in [0.29, 0.717) is 12.7 Å². The molecule has 0 saturated carbocycles. The molecule has 3 N–H and O–H groups in total. The van der Waals surface area contributed by atoms with Gasteiger partial charge in [0.2, 0.25) is 6.10 Å². The van der Waals surface area contributed by atoms with Crippen molar-refractivity contribution < 1.29 is 23.9 Å². The number of nitrogens with zero attached hydrogens (tertiary/aromatic N) is 1. The standard InChI is InChI=1S/C19H25N3O5/c1-13-11-21-9-8-17(13)27-18(16(24)3-2-10-23)19(25)26-15-6-4-14(5-7-15)12-22-20/h4-7,10,12-13,17-18,21H,2-3,8-9,11,20H2,1H3. The van der Waals surface area contributed by atoms with Crippen molar-refractivity contribution in [1.82, 2.24) is 5.32 Å². The topological polar surface area (TPSA) is 120 Å². The van der Waals surface area contributed by atoms with E-state index >= 15 is 0 Å². The number of esters is 1. The summed E-state index contributed by atoms with van der Waals surface area (Å²) >= 11 is 0.